The first kappa shape index (κ1) is 11.1. The number of halogens is 1. The zero-order valence-electron chi connectivity index (χ0n) is 7.70. The molecule has 0 aliphatic heterocycles. The lowest BCUT2D eigenvalue weighted by Gasteiger charge is -2.05. The van der Waals surface area contributed by atoms with Gasteiger partial charge >= 0.3 is 0 Å². The molecule has 3 N–H and O–H groups in total. The Balaban J connectivity index is 2.74. The lowest BCUT2D eigenvalue weighted by atomic mass is 10.2. The molecule has 0 bridgehead atoms. The Morgan fingerprint density at radius 2 is 1.93 bits per heavy atom. The summed E-state index contributed by atoms with van der Waals surface area (Å²) in [7, 11) is -2.64. The average molecular weight is 216 g/mol. The molecule has 0 radical (unpaired) electrons. The van der Waals surface area contributed by atoms with Gasteiger partial charge in [-0.25, -0.2) is 8.60 Å². The molecular formula is C9H13FN2OS. The van der Waals surface area contributed by atoms with Crippen LogP contribution >= 0.6 is 0 Å². The minimum atomic E-state index is -2.64. The summed E-state index contributed by atoms with van der Waals surface area (Å²) in [4.78, 5) is 0. The third-order valence-electron chi connectivity index (χ3n) is 1.76. The van der Waals surface area contributed by atoms with Gasteiger partial charge in [0.1, 0.15) is 5.82 Å². The van der Waals surface area contributed by atoms with Crippen molar-refractivity contribution in [3.8, 4) is 0 Å². The second-order valence-electron chi connectivity index (χ2n) is 3.08. The third kappa shape index (κ3) is 3.43. The fourth-order valence-corrected chi connectivity index (χ4v) is 2.37. The molecule has 3 nitrogen and oxygen atoms in total. The van der Waals surface area contributed by atoms with E-state index in [2.05, 4.69) is 0 Å². The van der Waals surface area contributed by atoms with Crippen molar-refractivity contribution in [2.75, 3.05) is 12.3 Å². The summed E-state index contributed by atoms with van der Waals surface area (Å²) in [6.45, 7) is 0.240. The Morgan fingerprint density at radius 3 is 2.43 bits per heavy atom. The van der Waals surface area contributed by atoms with Gasteiger partial charge in [0.2, 0.25) is 0 Å². The molecule has 1 aromatic rings. The molecule has 1 rings (SSSR count). The monoisotopic (exact) mass is 216 g/mol. The second kappa shape index (κ2) is 4.52. The first-order chi connectivity index (χ1) is 6.53. The van der Waals surface area contributed by atoms with Gasteiger partial charge in [-0.05, 0) is 17.7 Å². The molecular weight excluding hydrogens is 203 g/mol. The predicted octanol–water partition coefficient (Wildman–Crippen LogP) is 1.33. The molecule has 0 saturated heterocycles. The Kier molecular flexibility index (Phi) is 3.60. The van der Waals surface area contributed by atoms with Crippen LogP contribution in [0.25, 0.3) is 0 Å². The van der Waals surface area contributed by atoms with E-state index >= 15 is 0 Å². The number of nitrogens with two attached hydrogens (primary N) is 1. The van der Waals surface area contributed by atoms with Crippen molar-refractivity contribution in [2.45, 2.75) is 5.75 Å². The first-order valence-electron chi connectivity index (χ1n) is 4.22. The molecule has 0 fully saturated rings. The van der Waals surface area contributed by atoms with Crippen molar-refractivity contribution in [3.63, 3.8) is 0 Å². The molecule has 0 saturated carbocycles. The van der Waals surface area contributed by atoms with Crippen molar-refractivity contribution < 1.29 is 8.60 Å². The zero-order valence-corrected chi connectivity index (χ0v) is 8.52. The van der Waals surface area contributed by atoms with E-state index in [1.807, 2.05) is 0 Å². The summed E-state index contributed by atoms with van der Waals surface area (Å²) in [6.07, 6.45) is 0. The highest BCUT2D eigenvalue weighted by Gasteiger charge is 2.06. The fourth-order valence-electron chi connectivity index (χ4n) is 1.11. The molecule has 14 heavy (non-hydrogen) atoms. The smallest absolute Gasteiger partial charge is 0.123 e. The van der Waals surface area contributed by atoms with Gasteiger partial charge in [0.25, 0.3) is 0 Å². The van der Waals surface area contributed by atoms with E-state index in [0.717, 1.165) is 0 Å². The number of hydrogen-bond donors (Lipinski definition) is 2. The molecule has 0 spiro atoms. The Bertz CT molecular complexity index is 386. The van der Waals surface area contributed by atoms with E-state index in [9.17, 15) is 8.60 Å². The van der Waals surface area contributed by atoms with Gasteiger partial charge in [-0.2, -0.15) is 0 Å². The SMILES string of the molecule is N=S(=O)(CCN)Cc1ccc(F)cc1. The van der Waals surface area contributed by atoms with Crippen LogP contribution in [0.15, 0.2) is 24.3 Å². The molecule has 1 unspecified atom stereocenters. The molecule has 1 aromatic carbocycles. The normalized spacial score (nSPS) is 15.0. The van der Waals surface area contributed by atoms with Crippen LogP contribution in [-0.2, 0) is 15.5 Å². The van der Waals surface area contributed by atoms with Gasteiger partial charge in [-0.3, -0.25) is 4.78 Å². The maximum absolute atomic E-state index is 12.5. The highest BCUT2D eigenvalue weighted by atomic mass is 32.2. The second-order valence-corrected chi connectivity index (χ2v) is 5.40. The minimum Gasteiger partial charge on any atom is -0.330 e. The number of benzene rings is 1. The van der Waals surface area contributed by atoms with Gasteiger partial charge in [0, 0.05) is 22.0 Å². The topological polar surface area (TPSA) is 66.9 Å². The van der Waals surface area contributed by atoms with E-state index in [0.29, 0.717) is 5.56 Å². The Morgan fingerprint density at radius 1 is 1.36 bits per heavy atom. The van der Waals surface area contributed by atoms with Crippen LogP contribution in [0, 0.1) is 10.6 Å². The molecule has 0 aliphatic rings. The van der Waals surface area contributed by atoms with E-state index < -0.39 is 9.73 Å². The lowest BCUT2D eigenvalue weighted by molar-refractivity contribution is 0.627. The largest absolute Gasteiger partial charge is 0.330 e. The Hall–Kier alpha value is -0.940. The molecule has 0 heterocycles. The highest BCUT2D eigenvalue weighted by Crippen LogP contribution is 2.08. The van der Waals surface area contributed by atoms with Gasteiger partial charge in [-0.1, -0.05) is 12.1 Å². The molecule has 1 atom stereocenters. The molecule has 78 valence electrons. The fraction of sp³-hybridized carbons (Fsp3) is 0.333. The van der Waals surface area contributed by atoms with Gasteiger partial charge in [-0.15, -0.1) is 0 Å². The van der Waals surface area contributed by atoms with Gasteiger partial charge in [0.05, 0.1) is 5.75 Å². The maximum atomic E-state index is 12.5. The van der Waals surface area contributed by atoms with Crippen molar-refractivity contribution in [2.24, 2.45) is 5.73 Å². The highest BCUT2D eigenvalue weighted by molar-refractivity contribution is 7.91. The van der Waals surface area contributed by atoms with E-state index in [1.54, 1.807) is 12.1 Å². The summed E-state index contributed by atoms with van der Waals surface area (Å²) in [5.74, 6) is -0.00135. The van der Waals surface area contributed by atoms with Gasteiger partial charge in [0.15, 0.2) is 0 Å². The van der Waals surface area contributed by atoms with Crippen LogP contribution in [0.2, 0.25) is 0 Å². The molecule has 5 heteroatoms. The number of rotatable bonds is 4. The minimum absolute atomic E-state index is 0.143. The molecule has 0 amide bonds. The summed E-state index contributed by atoms with van der Waals surface area (Å²) >= 11 is 0. The van der Waals surface area contributed by atoms with Crippen LogP contribution in [0.4, 0.5) is 4.39 Å². The average Bonchev–Trinajstić information content (AvgIpc) is 2.08. The number of hydrogen-bond acceptors (Lipinski definition) is 3. The molecule has 0 aliphatic carbocycles. The summed E-state index contributed by atoms with van der Waals surface area (Å²) < 4.78 is 31.5. The summed E-state index contributed by atoms with van der Waals surface area (Å²) in [5, 5.41) is 0. The zero-order chi connectivity index (χ0) is 10.6. The summed E-state index contributed by atoms with van der Waals surface area (Å²) in [6, 6.07) is 5.68. The van der Waals surface area contributed by atoms with E-state index in [-0.39, 0.29) is 23.9 Å². The Labute approximate surface area is 83.1 Å². The van der Waals surface area contributed by atoms with Crippen LogP contribution in [0.5, 0.6) is 0 Å². The third-order valence-corrected chi connectivity index (χ3v) is 3.46. The quantitative estimate of drug-likeness (QED) is 0.797. The summed E-state index contributed by atoms with van der Waals surface area (Å²) in [5.41, 5.74) is 5.94. The van der Waals surface area contributed by atoms with Crippen LogP contribution in [-0.4, -0.2) is 16.5 Å². The van der Waals surface area contributed by atoms with Crippen molar-refractivity contribution >= 4 is 9.73 Å². The van der Waals surface area contributed by atoms with E-state index in [4.69, 9.17) is 10.5 Å². The van der Waals surface area contributed by atoms with Crippen molar-refractivity contribution in [1.82, 2.24) is 0 Å². The molecule has 0 aromatic heterocycles. The van der Waals surface area contributed by atoms with Crippen molar-refractivity contribution in [1.29, 1.82) is 4.78 Å². The van der Waals surface area contributed by atoms with Crippen LogP contribution in [0.3, 0.4) is 0 Å². The van der Waals surface area contributed by atoms with E-state index in [1.165, 1.54) is 12.1 Å². The maximum Gasteiger partial charge on any atom is 0.123 e. The predicted molar refractivity (Wildman–Crippen MR) is 54.9 cm³/mol. The van der Waals surface area contributed by atoms with Crippen LogP contribution in [0.1, 0.15) is 5.56 Å². The van der Waals surface area contributed by atoms with Gasteiger partial charge < -0.3 is 5.73 Å². The first-order valence-corrected chi connectivity index (χ1v) is 6.12. The van der Waals surface area contributed by atoms with Crippen LogP contribution < -0.4 is 5.73 Å². The number of nitrogens with one attached hydrogen (secondary N) is 1. The standard InChI is InChI=1S/C9H13FN2OS/c10-9-3-1-8(2-4-9)7-14(12,13)6-5-11/h1-4,12H,5-7,11H2. The lowest BCUT2D eigenvalue weighted by Crippen LogP contribution is -2.16. The van der Waals surface area contributed by atoms with Crippen molar-refractivity contribution in [3.05, 3.63) is 35.6 Å².